The minimum absolute atomic E-state index is 0.272. The normalized spacial score (nSPS) is 15.6. The summed E-state index contributed by atoms with van der Waals surface area (Å²) in [5.41, 5.74) is -2.99. The molecule has 3 nitrogen and oxygen atoms in total. The monoisotopic (exact) mass is 358 g/mol. The molecule has 0 saturated heterocycles. The summed E-state index contributed by atoms with van der Waals surface area (Å²) < 4.78 is 58.0. The van der Waals surface area contributed by atoms with Gasteiger partial charge < -0.3 is 9.84 Å². The van der Waals surface area contributed by atoms with Gasteiger partial charge in [0, 0.05) is 4.90 Å². The summed E-state index contributed by atoms with van der Waals surface area (Å²) in [6.07, 6.45) is -4.97. The summed E-state index contributed by atoms with van der Waals surface area (Å²) in [5.74, 6) is -0.614. The molecule has 0 spiro atoms. The van der Waals surface area contributed by atoms with E-state index in [1.54, 1.807) is 25.1 Å². The van der Waals surface area contributed by atoms with E-state index in [9.17, 15) is 22.5 Å². The standard InChI is InChI=1S/C17H17F3O3S/c1-12-5-3-4-6-15(12)24(22)11-16(21,17(18,19)20)13-7-9-14(23-2)10-8-13/h3-10,21H,11H2,1-2H3. The smallest absolute Gasteiger partial charge is 0.422 e. The molecule has 24 heavy (non-hydrogen) atoms. The van der Waals surface area contributed by atoms with Gasteiger partial charge in [0.15, 0.2) is 5.60 Å². The van der Waals surface area contributed by atoms with Gasteiger partial charge in [-0.15, -0.1) is 0 Å². The summed E-state index contributed by atoms with van der Waals surface area (Å²) in [7, 11) is -0.633. The first-order chi connectivity index (χ1) is 11.2. The Morgan fingerprint density at radius 3 is 2.17 bits per heavy atom. The van der Waals surface area contributed by atoms with Gasteiger partial charge in [-0.05, 0) is 36.2 Å². The molecule has 2 rings (SSSR count). The van der Waals surface area contributed by atoms with Crippen LogP contribution in [0.4, 0.5) is 13.2 Å². The lowest BCUT2D eigenvalue weighted by atomic mass is 9.95. The third-order valence-corrected chi connectivity index (χ3v) is 5.34. The van der Waals surface area contributed by atoms with Crippen LogP contribution in [0.2, 0.25) is 0 Å². The molecule has 0 amide bonds. The van der Waals surface area contributed by atoms with Gasteiger partial charge in [0.2, 0.25) is 0 Å². The van der Waals surface area contributed by atoms with E-state index in [2.05, 4.69) is 0 Å². The zero-order valence-electron chi connectivity index (χ0n) is 13.1. The van der Waals surface area contributed by atoms with Crippen LogP contribution < -0.4 is 4.74 Å². The van der Waals surface area contributed by atoms with Gasteiger partial charge in [0.05, 0.1) is 23.7 Å². The van der Waals surface area contributed by atoms with Crippen molar-refractivity contribution >= 4 is 10.8 Å². The number of halogens is 3. The fourth-order valence-electron chi connectivity index (χ4n) is 2.27. The largest absolute Gasteiger partial charge is 0.497 e. The van der Waals surface area contributed by atoms with Gasteiger partial charge in [-0.25, -0.2) is 0 Å². The lowest BCUT2D eigenvalue weighted by Crippen LogP contribution is -2.46. The molecule has 7 heteroatoms. The fraction of sp³-hybridized carbons (Fsp3) is 0.294. The molecule has 0 radical (unpaired) electrons. The number of hydrogen-bond donors (Lipinski definition) is 1. The molecule has 2 aromatic rings. The third kappa shape index (κ3) is 3.62. The number of aryl methyl sites for hydroxylation is 1. The SMILES string of the molecule is COc1ccc(C(O)(CS(=O)c2ccccc2C)C(F)(F)F)cc1. The number of hydrogen-bond acceptors (Lipinski definition) is 3. The Balaban J connectivity index is 2.41. The van der Waals surface area contributed by atoms with Crippen molar-refractivity contribution in [3.05, 3.63) is 59.7 Å². The second-order valence-corrected chi connectivity index (χ2v) is 6.76. The molecular weight excluding hydrogens is 341 g/mol. The van der Waals surface area contributed by atoms with Crippen molar-refractivity contribution in [1.82, 2.24) is 0 Å². The van der Waals surface area contributed by atoms with Crippen LogP contribution in [0, 0.1) is 6.92 Å². The average Bonchev–Trinajstić information content (AvgIpc) is 2.54. The highest BCUT2D eigenvalue weighted by molar-refractivity contribution is 7.85. The van der Waals surface area contributed by atoms with Crippen LogP contribution in [0.15, 0.2) is 53.4 Å². The molecular formula is C17H17F3O3S. The topological polar surface area (TPSA) is 46.5 Å². The van der Waals surface area contributed by atoms with Crippen molar-refractivity contribution in [3.63, 3.8) is 0 Å². The minimum Gasteiger partial charge on any atom is -0.497 e. The van der Waals surface area contributed by atoms with E-state index in [0.29, 0.717) is 11.3 Å². The molecule has 0 fully saturated rings. The molecule has 2 aromatic carbocycles. The van der Waals surface area contributed by atoms with E-state index in [1.165, 1.54) is 25.3 Å². The summed E-state index contributed by atoms with van der Waals surface area (Å²) in [6, 6.07) is 11.4. The van der Waals surface area contributed by atoms with Crippen molar-refractivity contribution in [2.24, 2.45) is 0 Å². The Kier molecular flexibility index (Phi) is 5.35. The molecule has 0 aliphatic carbocycles. The lowest BCUT2D eigenvalue weighted by Gasteiger charge is -2.30. The molecule has 130 valence electrons. The zero-order chi connectivity index (χ0) is 18.0. The first-order valence-electron chi connectivity index (χ1n) is 7.06. The van der Waals surface area contributed by atoms with Crippen LogP contribution in [0.5, 0.6) is 5.75 Å². The molecule has 0 aliphatic heterocycles. The number of ether oxygens (including phenoxy) is 1. The molecule has 2 atom stereocenters. The van der Waals surface area contributed by atoms with Crippen molar-refractivity contribution in [3.8, 4) is 5.75 Å². The van der Waals surface area contributed by atoms with Gasteiger partial charge in [-0.3, -0.25) is 4.21 Å². The van der Waals surface area contributed by atoms with E-state index in [4.69, 9.17) is 4.74 Å². The van der Waals surface area contributed by atoms with Gasteiger partial charge in [-0.1, -0.05) is 30.3 Å². The molecule has 0 saturated carbocycles. The highest BCUT2D eigenvalue weighted by atomic mass is 32.2. The molecule has 2 unspecified atom stereocenters. The Morgan fingerprint density at radius 1 is 1.08 bits per heavy atom. The molecule has 0 aliphatic rings. The minimum atomic E-state index is -4.97. The first kappa shape index (κ1) is 18.5. The Hall–Kier alpha value is -1.86. The van der Waals surface area contributed by atoms with Crippen LogP contribution >= 0.6 is 0 Å². The average molecular weight is 358 g/mol. The van der Waals surface area contributed by atoms with E-state index in [-0.39, 0.29) is 10.5 Å². The maximum atomic E-state index is 13.5. The van der Waals surface area contributed by atoms with E-state index in [0.717, 1.165) is 12.1 Å². The van der Waals surface area contributed by atoms with Crippen LogP contribution in [0.25, 0.3) is 0 Å². The predicted octanol–water partition coefficient (Wildman–Crippen LogP) is 3.56. The fourth-order valence-corrected chi connectivity index (χ4v) is 3.80. The molecule has 1 N–H and O–H groups in total. The van der Waals surface area contributed by atoms with Crippen molar-refractivity contribution in [2.45, 2.75) is 23.6 Å². The van der Waals surface area contributed by atoms with Gasteiger partial charge in [-0.2, -0.15) is 13.2 Å². The Morgan fingerprint density at radius 2 is 1.67 bits per heavy atom. The summed E-state index contributed by atoms with van der Waals surface area (Å²) in [6.45, 7) is 1.66. The Labute approximate surface area is 140 Å². The van der Waals surface area contributed by atoms with Gasteiger partial charge >= 0.3 is 6.18 Å². The van der Waals surface area contributed by atoms with E-state index < -0.39 is 28.3 Å². The maximum Gasteiger partial charge on any atom is 0.422 e. The highest BCUT2D eigenvalue weighted by Crippen LogP contribution is 2.41. The van der Waals surface area contributed by atoms with Crippen LogP contribution in [0.1, 0.15) is 11.1 Å². The summed E-state index contributed by atoms with van der Waals surface area (Å²) in [5, 5.41) is 10.3. The number of methoxy groups -OCH3 is 1. The number of alkyl halides is 3. The highest BCUT2D eigenvalue weighted by Gasteiger charge is 2.56. The number of rotatable bonds is 5. The second kappa shape index (κ2) is 6.94. The third-order valence-electron chi connectivity index (χ3n) is 3.72. The quantitative estimate of drug-likeness (QED) is 0.889. The Bertz CT molecular complexity index is 729. The molecule has 0 bridgehead atoms. The second-order valence-electron chi connectivity index (χ2n) is 5.34. The predicted molar refractivity (Wildman–Crippen MR) is 85.4 cm³/mol. The van der Waals surface area contributed by atoms with Crippen molar-refractivity contribution in [2.75, 3.05) is 12.9 Å². The van der Waals surface area contributed by atoms with E-state index in [1.807, 2.05) is 0 Å². The van der Waals surface area contributed by atoms with E-state index >= 15 is 0 Å². The number of benzene rings is 2. The van der Waals surface area contributed by atoms with Crippen molar-refractivity contribution in [1.29, 1.82) is 0 Å². The van der Waals surface area contributed by atoms with Crippen LogP contribution in [0.3, 0.4) is 0 Å². The summed E-state index contributed by atoms with van der Waals surface area (Å²) in [4.78, 5) is 0.272. The zero-order valence-corrected chi connectivity index (χ0v) is 13.9. The summed E-state index contributed by atoms with van der Waals surface area (Å²) >= 11 is 0. The van der Waals surface area contributed by atoms with Crippen LogP contribution in [-0.2, 0) is 16.4 Å². The van der Waals surface area contributed by atoms with Crippen molar-refractivity contribution < 1.29 is 27.2 Å². The van der Waals surface area contributed by atoms with Gasteiger partial charge in [0.25, 0.3) is 0 Å². The molecule has 0 heterocycles. The van der Waals surface area contributed by atoms with Gasteiger partial charge in [0.1, 0.15) is 5.75 Å². The lowest BCUT2D eigenvalue weighted by molar-refractivity contribution is -0.256. The first-order valence-corrected chi connectivity index (χ1v) is 8.38. The van der Waals surface area contributed by atoms with Crippen LogP contribution in [-0.4, -0.2) is 28.4 Å². The molecule has 0 aromatic heterocycles. The maximum absolute atomic E-state index is 13.5. The number of aliphatic hydroxyl groups is 1.